The highest BCUT2D eigenvalue weighted by Crippen LogP contribution is 2.16. The third kappa shape index (κ3) is 2.60. The number of nitrogens with two attached hydrogens (primary N) is 1. The van der Waals surface area contributed by atoms with Crippen LogP contribution in [0.4, 0.5) is 0 Å². The van der Waals surface area contributed by atoms with Gasteiger partial charge in [-0.3, -0.25) is 4.79 Å². The summed E-state index contributed by atoms with van der Waals surface area (Å²) in [5.41, 5.74) is 10.2. The van der Waals surface area contributed by atoms with Gasteiger partial charge < -0.3 is 10.7 Å². The van der Waals surface area contributed by atoms with Gasteiger partial charge in [0.25, 0.3) is 5.91 Å². The van der Waals surface area contributed by atoms with Crippen molar-refractivity contribution in [3.05, 3.63) is 29.6 Å². The van der Waals surface area contributed by atoms with Crippen molar-refractivity contribution in [2.75, 3.05) is 0 Å². The maximum atomic E-state index is 11.2. The molecule has 2 aromatic heterocycles. The summed E-state index contributed by atoms with van der Waals surface area (Å²) in [7, 11) is -1.46. The smallest absolute Gasteiger partial charge is 0.267 e. The number of pyridine rings is 1. The molecule has 2 rings (SSSR count). The monoisotopic (exact) mass is 257 g/mol. The molecule has 0 aromatic carbocycles. The first-order valence-corrected chi connectivity index (χ1v) is 9.18. The molecule has 0 spiro atoms. The molecule has 4 nitrogen and oxygen atoms in total. The summed E-state index contributed by atoms with van der Waals surface area (Å²) in [5.74, 6) is 2.61. The number of carbonyl (C=O) groups is 1. The van der Waals surface area contributed by atoms with Crippen LogP contribution in [0.25, 0.3) is 11.0 Å². The first-order chi connectivity index (χ1) is 8.37. The van der Waals surface area contributed by atoms with Crippen LogP contribution in [0.2, 0.25) is 19.6 Å². The Morgan fingerprint density at radius 1 is 1.44 bits per heavy atom. The topological polar surface area (TPSA) is 71.8 Å². The molecule has 0 atom stereocenters. The van der Waals surface area contributed by atoms with E-state index in [4.69, 9.17) is 5.73 Å². The minimum Gasteiger partial charge on any atom is -0.364 e. The Morgan fingerprint density at radius 3 is 2.78 bits per heavy atom. The summed E-state index contributed by atoms with van der Waals surface area (Å²) >= 11 is 0. The highest BCUT2D eigenvalue weighted by molar-refractivity contribution is 6.83. The maximum absolute atomic E-state index is 11.2. The van der Waals surface area contributed by atoms with Gasteiger partial charge in [0.2, 0.25) is 0 Å². The lowest BCUT2D eigenvalue weighted by molar-refractivity contribution is 0.0996. The van der Waals surface area contributed by atoms with Crippen LogP contribution in [-0.2, 0) is 0 Å². The van der Waals surface area contributed by atoms with Crippen LogP contribution in [0, 0.1) is 11.5 Å². The summed E-state index contributed by atoms with van der Waals surface area (Å²) < 4.78 is 0. The van der Waals surface area contributed by atoms with Crippen LogP contribution in [-0.4, -0.2) is 23.9 Å². The van der Waals surface area contributed by atoms with Gasteiger partial charge >= 0.3 is 0 Å². The van der Waals surface area contributed by atoms with Crippen molar-refractivity contribution in [1.29, 1.82) is 0 Å². The molecular formula is C13H15N3OSi. The lowest BCUT2D eigenvalue weighted by Gasteiger charge is -2.04. The molecule has 0 aliphatic carbocycles. The van der Waals surface area contributed by atoms with Crippen molar-refractivity contribution >= 4 is 25.0 Å². The standard InChI is InChI=1S/C13H15N3OSi/c1-18(2,3)7-5-9-8-11(12(14)17)16-13-10(9)4-6-15-13/h4,6,8H,1-3H3,(H2,14,17)(H,15,16). The number of aromatic nitrogens is 2. The van der Waals surface area contributed by atoms with Gasteiger partial charge in [0.15, 0.2) is 0 Å². The van der Waals surface area contributed by atoms with Crippen molar-refractivity contribution in [1.82, 2.24) is 9.97 Å². The lowest BCUT2D eigenvalue weighted by Crippen LogP contribution is -2.16. The highest BCUT2D eigenvalue weighted by Gasteiger charge is 2.11. The number of nitrogens with one attached hydrogen (secondary N) is 1. The van der Waals surface area contributed by atoms with E-state index in [-0.39, 0.29) is 5.69 Å². The molecule has 0 saturated heterocycles. The van der Waals surface area contributed by atoms with E-state index in [0.717, 1.165) is 10.9 Å². The van der Waals surface area contributed by atoms with Gasteiger partial charge in [0.1, 0.15) is 19.4 Å². The zero-order chi connectivity index (χ0) is 13.3. The quantitative estimate of drug-likeness (QED) is 0.605. The normalized spacial score (nSPS) is 11.1. The zero-order valence-corrected chi connectivity index (χ0v) is 11.7. The van der Waals surface area contributed by atoms with E-state index in [1.54, 1.807) is 12.3 Å². The number of carbonyl (C=O) groups excluding carboxylic acids is 1. The molecule has 0 radical (unpaired) electrons. The predicted molar refractivity (Wildman–Crippen MR) is 74.8 cm³/mol. The molecule has 2 aromatic rings. The number of primary amides is 1. The van der Waals surface area contributed by atoms with Gasteiger partial charge in [-0.2, -0.15) is 0 Å². The Hall–Kier alpha value is -2.06. The molecule has 18 heavy (non-hydrogen) atoms. The summed E-state index contributed by atoms with van der Waals surface area (Å²) in [6.45, 7) is 6.51. The van der Waals surface area contributed by atoms with Crippen molar-refractivity contribution in [3.8, 4) is 11.5 Å². The highest BCUT2D eigenvalue weighted by atomic mass is 28.3. The molecule has 0 fully saturated rings. The van der Waals surface area contributed by atoms with E-state index in [2.05, 4.69) is 41.1 Å². The fourth-order valence-electron chi connectivity index (χ4n) is 1.52. The van der Waals surface area contributed by atoms with Crippen LogP contribution in [0.15, 0.2) is 18.3 Å². The fourth-order valence-corrected chi connectivity index (χ4v) is 2.03. The van der Waals surface area contributed by atoms with Gasteiger partial charge in [-0.05, 0) is 12.1 Å². The number of amides is 1. The fraction of sp³-hybridized carbons (Fsp3) is 0.231. The Morgan fingerprint density at radius 2 is 2.17 bits per heavy atom. The average molecular weight is 257 g/mol. The van der Waals surface area contributed by atoms with Crippen LogP contribution in [0.3, 0.4) is 0 Å². The van der Waals surface area contributed by atoms with Gasteiger partial charge in [-0.25, -0.2) is 4.98 Å². The minimum absolute atomic E-state index is 0.241. The molecule has 5 heteroatoms. The average Bonchev–Trinajstić information content (AvgIpc) is 2.72. The molecule has 0 bridgehead atoms. The van der Waals surface area contributed by atoms with Crippen molar-refractivity contribution in [3.63, 3.8) is 0 Å². The van der Waals surface area contributed by atoms with Crippen LogP contribution < -0.4 is 5.73 Å². The Labute approximate surface area is 107 Å². The Balaban J connectivity index is 2.63. The Bertz CT molecular complexity index is 671. The number of hydrogen-bond acceptors (Lipinski definition) is 2. The van der Waals surface area contributed by atoms with Crippen LogP contribution >= 0.6 is 0 Å². The van der Waals surface area contributed by atoms with Gasteiger partial charge in [0.05, 0.1) is 0 Å². The second kappa shape index (κ2) is 4.31. The third-order valence-electron chi connectivity index (χ3n) is 2.35. The van der Waals surface area contributed by atoms with E-state index in [0.29, 0.717) is 5.65 Å². The van der Waals surface area contributed by atoms with Gasteiger partial charge in [0, 0.05) is 17.1 Å². The number of fused-ring (bicyclic) bond motifs is 1. The molecule has 0 unspecified atom stereocenters. The first kappa shape index (κ1) is 12.4. The number of nitrogens with zero attached hydrogens (tertiary/aromatic N) is 1. The molecular weight excluding hydrogens is 242 g/mol. The van der Waals surface area contributed by atoms with Crippen LogP contribution in [0.1, 0.15) is 16.1 Å². The number of rotatable bonds is 1. The number of H-pyrrole nitrogens is 1. The molecule has 0 aliphatic rings. The largest absolute Gasteiger partial charge is 0.364 e. The van der Waals surface area contributed by atoms with Crippen molar-refractivity contribution < 1.29 is 4.79 Å². The van der Waals surface area contributed by atoms with Crippen molar-refractivity contribution in [2.24, 2.45) is 5.73 Å². The minimum atomic E-state index is -1.46. The van der Waals surface area contributed by atoms with E-state index in [9.17, 15) is 4.79 Å². The molecule has 1 amide bonds. The van der Waals surface area contributed by atoms with E-state index < -0.39 is 14.0 Å². The lowest BCUT2D eigenvalue weighted by atomic mass is 10.1. The number of hydrogen-bond donors (Lipinski definition) is 2. The molecule has 92 valence electrons. The molecule has 3 N–H and O–H groups in total. The third-order valence-corrected chi connectivity index (χ3v) is 3.23. The first-order valence-electron chi connectivity index (χ1n) is 5.68. The second-order valence-electron chi connectivity index (χ2n) is 5.16. The van der Waals surface area contributed by atoms with Gasteiger partial charge in [-0.1, -0.05) is 25.6 Å². The molecule has 2 heterocycles. The second-order valence-corrected chi connectivity index (χ2v) is 9.91. The summed E-state index contributed by atoms with van der Waals surface area (Å²) in [6.07, 6.45) is 1.78. The molecule has 0 saturated carbocycles. The zero-order valence-electron chi connectivity index (χ0n) is 10.7. The van der Waals surface area contributed by atoms with E-state index in [1.165, 1.54) is 0 Å². The number of aromatic amines is 1. The van der Waals surface area contributed by atoms with Crippen molar-refractivity contribution in [2.45, 2.75) is 19.6 Å². The summed E-state index contributed by atoms with van der Waals surface area (Å²) in [4.78, 5) is 18.4. The van der Waals surface area contributed by atoms with Crippen LogP contribution in [0.5, 0.6) is 0 Å². The summed E-state index contributed by atoms with van der Waals surface area (Å²) in [5, 5.41) is 0.922. The maximum Gasteiger partial charge on any atom is 0.267 e. The van der Waals surface area contributed by atoms with Gasteiger partial charge in [-0.15, -0.1) is 5.54 Å². The molecule has 0 aliphatic heterocycles. The predicted octanol–water partition coefficient (Wildman–Crippen LogP) is 1.89. The SMILES string of the molecule is C[Si](C)(C)C#Cc1cc(C(N)=O)nc2[nH]ccc12. The van der Waals surface area contributed by atoms with E-state index in [1.807, 2.05) is 6.07 Å². The Kier molecular flexibility index (Phi) is 2.97. The summed E-state index contributed by atoms with van der Waals surface area (Å²) in [6, 6.07) is 3.56. The van der Waals surface area contributed by atoms with E-state index >= 15 is 0 Å².